The topological polar surface area (TPSA) is 84.9 Å². The van der Waals surface area contributed by atoms with Gasteiger partial charge in [-0.25, -0.2) is 9.59 Å². The van der Waals surface area contributed by atoms with Crippen molar-refractivity contribution in [3.8, 4) is 11.1 Å². The maximum atomic E-state index is 12.3. The highest BCUT2D eigenvalue weighted by molar-refractivity contribution is 5.81. The molecule has 3 aromatic carbocycles. The van der Waals surface area contributed by atoms with Crippen molar-refractivity contribution in [2.45, 2.75) is 18.6 Å². The average molecular weight is 417 g/mol. The van der Waals surface area contributed by atoms with Crippen LogP contribution in [0.2, 0.25) is 0 Å². The summed E-state index contributed by atoms with van der Waals surface area (Å²) in [6, 6.07) is 24.3. The minimum Gasteiger partial charge on any atom is -0.480 e. The van der Waals surface area contributed by atoms with Crippen LogP contribution in [0.15, 0.2) is 78.9 Å². The number of carbonyl (C=O) groups excluding carboxylic acids is 1. The predicted octanol–water partition coefficient (Wildman–Crippen LogP) is 4.20. The molecule has 2 N–H and O–H groups in total. The van der Waals surface area contributed by atoms with E-state index in [1.165, 1.54) is 0 Å². The van der Waals surface area contributed by atoms with Crippen molar-refractivity contribution < 1.29 is 24.2 Å². The lowest BCUT2D eigenvalue weighted by atomic mass is 9.98. The largest absolute Gasteiger partial charge is 0.480 e. The first-order chi connectivity index (χ1) is 15.1. The molecule has 1 atom stereocenters. The lowest BCUT2D eigenvalue weighted by Gasteiger charge is -2.17. The number of hydrogen-bond donors (Lipinski definition) is 2. The number of ether oxygens (including phenoxy) is 2. The van der Waals surface area contributed by atoms with E-state index in [1.54, 1.807) is 0 Å². The summed E-state index contributed by atoms with van der Waals surface area (Å²) < 4.78 is 10.9. The molecule has 0 saturated carbocycles. The Balaban J connectivity index is 1.34. The van der Waals surface area contributed by atoms with Gasteiger partial charge in [0, 0.05) is 5.92 Å². The lowest BCUT2D eigenvalue weighted by Crippen LogP contribution is -2.44. The second kappa shape index (κ2) is 9.45. The molecule has 158 valence electrons. The van der Waals surface area contributed by atoms with Crippen LogP contribution in [-0.2, 0) is 20.9 Å². The van der Waals surface area contributed by atoms with Gasteiger partial charge in [0.05, 0.1) is 13.2 Å². The number of amides is 1. The van der Waals surface area contributed by atoms with E-state index in [2.05, 4.69) is 17.4 Å². The molecule has 1 amide bonds. The first-order valence-electron chi connectivity index (χ1n) is 10.1. The van der Waals surface area contributed by atoms with Crippen molar-refractivity contribution in [2.75, 3.05) is 13.2 Å². The van der Waals surface area contributed by atoms with Crippen LogP contribution >= 0.6 is 0 Å². The Labute approximate surface area is 180 Å². The molecular weight excluding hydrogens is 394 g/mol. The SMILES string of the molecule is O=C(N[C@H](COCc1ccccc1)C(=O)O)OCC1c2ccccc2-c2ccccc21. The van der Waals surface area contributed by atoms with Gasteiger partial charge in [-0.05, 0) is 27.8 Å². The van der Waals surface area contributed by atoms with Crippen LogP contribution in [0.5, 0.6) is 0 Å². The summed E-state index contributed by atoms with van der Waals surface area (Å²) in [6.45, 7) is 0.225. The smallest absolute Gasteiger partial charge is 0.407 e. The Hall–Kier alpha value is -3.64. The Bertz CT molecular complexity index is 1020. The van der Waals surface area contributed by atoms with Gasteiger partial charge < -0.3 is 19.9 Å². The summed E-state index contributed by atoms with van der Waals surface area (Å²) in [5.74, 6) is -1.27. The highest BCUT2D eigenvalue weighted by Crippen LogP contribution is 2.44. The molecule has 0 spiro atoms. The van der Waals surface area contributed by atoms with Crippen LogP contribution in [-0.4, -0.2) is 36.4 Å². The first kappa shape index (κ1) is 20.6. The van der Waals surface area contributed by atoms with Crippen molar-refractivity contribution in [1.82, 2.24) is 5.32 Å². The molecule has 1 aliphatic rings. The van der Waals surface area contributed by atoms with E-state index in [-0.39, 0.29) is 25.7 Å². The third-order valence-corrected chi connectivity index (χ3v) is 5.33. The van der Waals surface area contributed by atoms with Gasteiger partial charge in [0.2, 0.25) is 0 Å². The van der Waals surface area contributed by atoms with Crippen LogP contribution < -0.4 is 5.32 Å². The Morgan fingerprint density at radius 1 is 0.871 bits per heavy atom. The molecule has 31 heavy (non-hydrogen) atoms. The Kier molecular flexibility index (Phi) is 6.29. The van der Waals surface area contributed by atoms with E-state index in [0.29, 0.717) is 0 Å². The first-order valence-corrected chi connectivity index (χ1v) is 10.1. The molecule has 0 heterocycles. The molecule has 4 rings (SSSR count). The molecule has 6 nitrogen and oxygen atoms in total. The van der Waals surface area contributed by atoms with Crippen LogP contribution in [0.1, 0.15) is 22.6 Å². The highest BCUT2D eigenvalue weighted by atomic mass is 16.5. The van der Waals surface area contributed by atoms with E-state index < -0.39 is 18.1 Å². The number of carbonyl (C=O) groups is 2. The number of fused-ring (bicyclic) bond motifs is 3. The molecule has 0 saturated heterocycles. The number of rotatable bonds is 8. The number of hydrogen-bond acceptors (Lipinski definition) is 4. The van der Waals surface area contributed by atoms with Crippen LogP contribution in [0, 0.1) is 0 Å². The summed E-state index contributed by atoms with van der Waals surface area (Å²) in [4.78, 5) is 23.8. The molecule has 3 aromatic rings. The summed E-state index contributed by atoms with van der Waals surface area (Å²) in [7, 11) is 0. The summed E-state index contributed by atoms with van der Waals surface area (Å²) >= 11 is 0. The molecule has 0 aromatic heterocycles. The van der Waals surface area contributed by atoms with Crippen LogP contribution in [0.25, 0.3) is 11.1 Å². The fraction of sp³-hybridized carbons (Fsp3) is 0.200. The van der Waals surface area contributed by atoms with Gasteiger partial charge in [0.25, 0.3) is 0 Å². The van der Waals surface area contributed by atoms with Crippen molar-refractivity contribution in [1.29, 1.82) is 0 Å². The van der Waals surface area contributed by atoms with Gasteiger partial charge in [-0.2, -0.15) is 0 Å². The van der Waals surface area contributed by atoms with Gasteiger partial charge >= 0.3 is 12.1 Å². The van der Waals surface area contributed by atoms with Gasteiger partial charge in [0.15, 0.2) is 6.04 Å². The zero-order valence-corrected chi connectivity index (χ0v) is 16.9. The normalized spacial score (nSPS) is 13.2. The zero-order valence-electron chi connectivity index (χ0n) is 16.9. The fourth-order valence-electron chi connectivity index (χ4n) is 3.83. The van der Waals surface area contributed by atoms with E-state index >= 15 is 0 Å². The third-order valence-electron chi connectivity index (χ3n) is 5.33. The number of carboxylic acids is 1. The van der Waals surface area contributed by atoms with Gasteiger partial charge in [0.1, 0.15) is 6.61 Å². The second-order valence-electron chi connectivity index (χ2n) is 7.36. The van der Waals surface area contributed by atoms with Crippen molar-refractivity contribution in [2.24, 2.45) is 0 Å². The molecule has 0 radical (unpaired) electrons. The summed E-state index contributed by atoms with van der Waals surface area (Å²) in [5.41, 5.74) is 5.37. The van der Waals surface area contributed by atoms with Crippen LogP contribution in [0.3, 0.4) is 0 Å². The number of nitrogens with one attached hydrogen (secondary N) is 1. The molecule has 0 fully saturated rings. The number of alkyl carbamates (subject to hydrolysis) is 1. The molecule has 6 heteroatoms. The molecule has 0 bridgehead atoms. The minimum atomic E-state index is -1.20. The molecular formula is C25H23NO5. The number of benzene rings is 3. The minimum absolute atomic E-state index is 0.0873. The van der Waals surface area contributed by atoms with Crippen molar-refractivity contribution >= 4 is 12.1 Å². The van der Waals surface area contributed by atoms with Crippen molar-refractivity contribution in [3.05, 3.63) is 95.6 Å². The zero-order chi connectivity index (χ0) is 21.6. The van der Waals surface area contributed by atoms with Crippen molar-refractivity contribution in [3.63, 3.8) is 0 Å². The molecule has 1 aliphatic carbocycles. The number of aliphatic carboxylic acids is 1. The third kappa shape index (κ3) is 4.75. The Morgan fingerprint density at radius 3 is 2.06 bits per heavy atom. The van der Waals surface area contributed by atoms with Gasteiger partial charge in [-0.15, -0.1) is 0 Å². The predicted molar refractivity (Wildman–Crippen MR) is 116 cm³/mol. The molecule has 0 unspecified atom stereocenters. The quantitative estimate of drug-likeness (QED) is 0.574. The van der Waals surface area contributed by atoms with E-state index in [9.17, 15) is 14.7 Å². The maximum absolute atomic E-state index is 12.3. The highest BCUT2D eigenvalue weighted by Gasteiger charge is 2.29. The molecule has 0 aliphatic heterocycles. The fourth-order valence-corrected chi connectivity index (χ4v) is 3.83. The number of carboxylic acid groups (broad SMARTS) is 1. The van der Waals surface area contributed by atoms with Gasteiger partial charge in [-0.1, -0.05) is 78.9 Å². The van der Waals surface area contributed by atoms with E-state index in [1.807, 2.05) is 66.7 Å². The van der Waals surface area contributed by atoms with E-state index in [0.717, 1.165) is 27.8 Å². The maximum Gasteiger partial charge on any atom is 0.407 e. The monoisotopic (exact) mass is 417 g/mol. The second-order valence-corrected chi connectivity index (χ2v) is 7.36. The summed E-state index contributed by atoms with van der Waals surface area (Å²) in [6.07, 6.45) is -0.780. The Morgan fingerprint density at radius 2 is 1.45 bits per heavy atom. The standard InChI is InChI=1S/C25H23NO5/c27-24(28)23(16-30-14-17-8-2-1-3-9-17)26-25(29)31-15-22-20-12-6-4-10-18(20)19-11-5-7-13-21(19)22/h1-13,22-23H,14-16H2,(H,26,29)(H,27,28)/t23-/m1/s1. The average Bonchev–Trinajstić information content (AvgIpc) is 3.11. The van der Waals surface area contributed by atoms with Crippen LogP contribution in [0.4, 0.5) is 4.79 Å². The summed E-state index contributed by atoms with van der Waals surface area (Å²) in [5, 5.41) is 11.8. The van der Waals surface area contributed by atoms with Gasteiger partial charge in [-0.3, -0.25) is 0 Å². The van der Waals surface area contributed by atoms with E-state index in [4.69, 9.17) is 9.47 Å². The lowest BCUT2D eigenvalue weighted by molar-refractivity contribution is -0.141.